The summed E-state index contributed by atoms with van der Waals surface area (Å²) in [6, 6.07) is 5.91. The van der Waals surface area contributed by atoms with Gasteiger partial charge in [-0.2, -0.15) is 0 Å². The first-order valence-corrected chi connectivity index (χ1v) is 11.1. The van der Waals surface area contributed by atoms with Gasteiger partial charge >= 0.3 is 0 Å². The number of aryl methyl sites for hydroxylation is 1. The van der Waals surface area contributed by atoms with Crippen molar-refractivity contribution in [1.29, 1.82) is 0 Å². The molecule has 0 aromatic carbocycles. The van der Waals surface area contributed by atoms with Crippen molar-refractivity contribution in [1.82, 2.24) is 9.88 Å². The van der Waals surface area contributed by atoms with Crippen LogP contribution in [0.4, 0.5) is 0 Å². The van der Waals surface area contributed by atoms with E-state index in [0.29, 0.717) is 17.7 Å². The van der Waals surface area contributed by atoms with E-state index in [2.05, 4.69) is 9.88 Å². The average Bonchev–Trinajstić information content (AvgIpc) is 2.69. The first-order chi connectivity index (χ1) is 13.6. The molecule has 0 N–H and O–H groups in total. The average molecular weight is 387 g/mol. The molecule has 1 aromatic heterocycles. The highest BCUT2D eigenvalue weighted by Gasteiger charge is 2.42. The third-order valence-corrected chi connectivity index (χ3v) is 6.81. The number of carbonyl (C=O) groups is 1. The molecule has 5 nitrogen and oxygen atoms in total. The lowest BCUT2D eigenvalue weighted by atomic mass is 9.82. The van der Waals surface area contributed by atoms with E-state index in [9.17, 15) is 4.79 Å². The number of ether oxygens (including phenoxy) is 2. The summed E-state index contributed by atoms with van der Waals surface area (Å²) in [5, 5.41) is 0. The smallest absolute Gasteiger partial charge is 0.222 e. The predicted octanol–water partition coefficient (Wildman–Crippen LogP) is 4.28. The van der Waals surface area contributed by atoms with E-state index in [1.807, 2.05) is 25.1 Å². The zero-order chi connectivity index (χ0) is 19.4. The maximum atomic E-state index is 12.7. The van der Waals surface area contributed by atoms with Crippen molar-refractivity contribution in [2.24, 2.45) is 5.92 Å². The molecule has 1 unspecified atom stereocenters. The van der Waals surface area contributed by atoms with E-state index in [1.165, 1.54) is 32.1 Å². The molecule has 1 saturated carbocycles. The largest absolute Gasteiger partial charge is 0.474 e. The minimum absolute atomic E-state index is 0.131. The summed E-state index contributed by atoms with van der Waals surface area (Å²) in [6.45, 7) is 4.35. The molecule has 3 aliphatic rings. The van der Waals surface area contributed by atoms with E-state index >= 15 is 0 Å². The molecule has 2 aliphatic heterocycles. The third kappa shape index (κ3) is 4.86. The number of aromatic nitrogens is 1. The van der Waals surface area contributed by atoms with Gasteiger partial charge in [0.25, 0.3) is 0 Å². The van der Waals surface area contributed by atoms with Crippen molar-refractivity contribution in [2.75, 3.05) is 19.7 Å². The Morgan fingerprint density at radius 3 is 2.75 bits per heavy atom. The van der Waals surface area contributed by atoms with Crippen molar-refractivity contribution < 1.29 is 14.3 Å². The molecule has 154 valence electrons. The van der Waals surface area contributed by atoms with Crippen LogP contribution in [-0.2, 0) is 9.53 Å². The second kappa shape index (κ2) is 8.81. The Kier molecular flexibility index (Phi) is 6.19. The summed E-state index contributed by atoms with van der Waals surface area (Å²) in [7, 11) is 0. The van der Waals surface area contributed by atoms with E-state index in [-0.39, 0.29) is 11.7 Å². The fourth-order valence-electron chi connectivity index (χ4n) is 5.12. The molecule has 1 amide bonds. The Bertz CT molecular complexity index is 664. The van der Waals surface area contributed by atoms with Gasteiger partial charge in [0.2, 0.25) is 11.8 Å². The second-order valence-electron chi connectivity index (χ2n) is 8.97. The first-order valence-electron chi connectivity index (χ1n) is 11.1. The van der Waals surface area contributed by atoms with Gasteiger partial charge in [0.15, 0.2) is 0 Å². The molecular weight excluding hydrogens is 352 g/mol. The van der Waals surface area contributed by atoms with Gasteiger partial charge in [0.1, 0.15) is 6.10 Å². The van der Waals surface area contributed by atoms with Gasteiger partial charge in [-0.25, -0.2) is 4.98 Å². The van der Waals surface area contributed by atoms with Crippen LogP contribution in [0, 0.1) is 12.8 Å². The van der Waals surface area contributed by atoms with Gasteiger partial charge in [-0.05, 0) is 44.6 Å². The van der Waals surface area contributed by atoms with Gasteiger partial charge < -0.3 is 14.4 Å². The van der Waals surface area contributed by atoms with Crippen LogP contribution in [0.5, 0.6) is 5.88 Å². The molecular formula is C23H34N2O3. The second-order valence-corrected chi connectivity index (χ2v) is 8.97. The quantitative estimate of drug-likeness (QED) is 0.775. The molecule has 4 rings (SSSR count). The molecule has 3 heterocycles. The Balaban J connectivity index is 1.28. The first kappa shape index (κ1) is 19.7. The maximum absolute atomic E-state index is 12.7. The maximum Gasteiger partial charge on any atom is 0.222 e. The number of pyridine rings is 1. The Morgan fingerprint density at radius 2 is 2.00 bits per heavy atom. The minimum Gasteiger partial charge on any atom is -0.474 e. The number of piperidine rings is 1. The molecule has 5 heteroatoms. The number of amides is 1. The van der Waals surface area contributed by atoms with Crippen LogP contribution >= 0.6 is 0 Å². The van der Waals surface area contributed by atoms with Crippen LogP contribution in [0.3, 0.4) is 0 Å². The van der Waals surface area contributed by atoms with E-state index in [0.717, 1.165) is 57.5 Å². The van der Waals surface area contributed by atoms with Crippen LogP contribution < -0.4 is 4.74 Å². The van der Waals surface area contributed by atoms with Gasteiger partial charge in [-0.15, -0.1) is 0 Å². The molecule has 0 radical (unpaired) electrons. The Hall–Kier alpha value is -1.62. The standard InChI is InChI=1S/C23H34N2O3/c1-18-6-5-9-21(24-18)28-20-10-15-27-23(17-20)11-13-25(14-12-23)22(26)16-19-7-3-2-4-8-19/h5-6,9,19-20H,2-4,7-8,10-17H2,1H3. The van der Waals surface area contributed by atoms with Crippen LogP contribution in [0.15, 0.2) is 18.2 Å². The topological polar surface area (TPSA) is 51.7 Å². The monoisotopic (exact) mass is 386 g/mol. The van der Waals surface area contributed by atoms with Crippen LogP contribution in [0.25, 0.3) is 0 Å². The van der Waals surface area contributed by atoms with Crippen molar-refractivity contribution in [3.05, 3.63) is 23.9 Å². The fraction of sp³-hybridized carbons (Fsp3) is 0.739. The highest BCUT2D eigenvalue weighted by Crippen LogP contribution is 2.37. The summed E-state index contributed by atoms with van der Waals surface area (Å²) >= 11 is 0. The summed E-state index contributed by atoms with van der Waals surface area (Å²) in [6.07, 6.45) is 10.9. The molecule has 1 aliphatic carbocycles. The molecule has 28 heavy (non-hydrogen) atoms. The fourth-order valence-corrected chi connectivity index (χ4v) is 5.12. The Morgan fingerprint density at radius 1 is 1.21 bits per heavy atom. The van der Waals surface area contributed by atoms with Crippen LogP contribution in [-0.4, -0.2) is 47.2 Å². The SMILES string of the molecule is Cc1cccc(OC2CCOC3(CCN(C(=O)CC4CCCCC4)CC3)C2)n1. The zero-order valence-electron chi connectivity index (χ0n) is 17.2. The lowest BCUT2D eigenvalue weighted by Gasteiger charge is -2.46. The Labute approximate surface area is 168 Å². The molecule has 1 atom stereocenters. The normalized spacial score (nSPS) is 25.6. The van der Waals surface area contributed by atoms with Crippen molar-refractivity contribution in [3.8, 4) is 5.88 Å². The number of likely N-dealkylation sites (tertiary alicyclic amines) is 1. The van der Waals surface area contributed by atoms with Crippen molar-refractivity contribution in [2.45, 2.75) is 82.8 Å². The summed E-state index contributed by atoms with van der Waals surface area (Å²) < 4.78 is 12.4. The lowest BCUT2D eigenvalue weighted by molar-refractivity contribution is -0.152. The van der Waals surface area contributed by atoms with Gasteiger partial charge in [0.05, 0.1) is 12.2 Å². The molecule has 2 saturated heterocycles. The molecule has 1 aromatic rings. The number of hydrogen-bond donors (Lipinski definition) is 0. The molecule has 0 bridgehead atoms. The summed E-state index contributed by atoms with van der Waals surface area (Å²) in [4.78, 5) is 19.3. The number of rotatable bonds is 4. The number of hydrogen-bond acceptors (Lipinski definition) is 4. The summed E-state index contributed by atoms with van der Waals surface area (Å²) in [5.74, 6) is 1.68. The highest BCUT2D eigenvalue weighted by molar-refractivity contribution is 5.76. The summed E-state index contributed by atoms with van der Waals surface area (Å²) in [5.41, 5.74) is 0.845. The van der Waals surface area contributed by atoms with Crippen molar-refractivity contribution >= 4 is 5.91 Å². The molecule has 1 spiro atoms. The highest BCUT2D eigenvalue weighted by atomic mass is 16.5. The molecule has 3 fully saturated rings. The van der Waals surface area contributed by atoms with Crippen LogP contribution in [0.2, 0.25) is 0 Å². The third-order valence-electron chi connectivity index (χ3n) is 6.81. The predicted molar refractivity (Wildman–Crippen MR) is 108 cm³/mol. The number of nitrogens with zero attached hydrogens (tertiary/aromatic N) is 2. The lowest BCUT2D eigenvalue weighted by Crippen LogP contribution is -2.52. The van der Waals surface area contributed by atoms with Gasteiger partial charge in [-0.1, -0.05) is 25.3 Å². The van der Waals surface area contributed by atoms with E-state index in [1.54, 1.807) is 0 Å². The van der Waals surface area contributed by atoms with Crippen molar-refractivity contribution in [3.63, 3.8) is 0 Å². The van der Waals surface area contributed by atoms with Gasteiger partial charge in [-0.3, -0.25) is 4.79 Å². The van der Waals surface area contributed by atoms with E-state index < -0.39 is 0 Å². The number of carbonyl (C=O) groups excluding carboxylic acids is 1. The van der Waals surface area contributed by atoms with Crippen LogP contribution in [0.1, 0.15) is 69.9 Å². The van der Waals surface area contributed by atoms with E-state index in [4.69, 9.17) is 9.47 Å². The minimum atomic E-state index is -0.131. The zero-order valence-corrected chi connectivity index (χ0v) is 17.2. The van der Waals surface area contributed by atoms with Gasteiger partial charge in [0, 0.05) is 44.1 Å².